The van der Waals surface area contributed by atoms with Crippen LogP contribution in [-0.4, -0.2) is 17.0 Å². The highest BCUT2D eigenvalue weighted by molar-refractivity contribution is 7.60. The molecule has 2 atom stereocenters. The third-order valence-electron chi connectivity index (χ3n) is 6.45. The summed E-state index contributed by atoms with van der Waals surface area (Å²) < 4.78 is 0. The first kappa shape index (κ1) is 19.8. The fourth-order valence-electron chi connectivity index (χ4n) is 5.16. The first-order valence-electron chi connectivity index (χ1n) is 11.1. The van der Waals surface area contributed by atoms with Crippen LogP contribution in [0, 0.1) is 0 Å². The standard InChI is InChI=1S/C22H43P/c1-3-5-7-10-16-21-18-19-22(17-11-8-6-4-2)23(21)20-14-12-9-13-15-20/h20-22H,3-19H2,1-2H3. The molecule has 1 saturated heterocycles. The van der Waals surface area contributed by atoms with Crippen LogP contribution in [0.1, 0.15) is 123 Å². The van der Waals surface area contributed by atoms with Gasteiger partial charge in [-0.1, -0.05) is 92.4 Å². The maximum absolute atomic E-state index is 2.34. The molecule has 1 heteroatoms. The van der Waals surface area contributed by atoms with Gasteiger partial charge in [-0.2, -0.15) is 0 Å². The molecule has 0 spiro atoms. The van der Waals surface area contributed by atoms with E-state index in [0.29, 0.717) is 7.92 Å². The predicted octanol–water partition coefficient (Wildman–Crippen LogP) is 8.27. The topological polar surface area (TPSA) is 0 Å². The monoisotopic (exact) mass is 338 g/mol. The minimum atomic E-state index is 0.368. The molecule has 136 valence electrons. The van der Waals surface area contributed by atoms with Gasteiger partial charge in [-0.15, -0.1) is 0 Å². The zero-order valence-electron chi connectivity index (χ0n) is 16.2. The Balaban J connectivity index is 1.84. The van der Waals surface area contributed by atoms with E-state index in [4.69, 9.17) is 0 Å². The van der Waals surface area contributed by atoms with E-state index in [2.05, 4.69) is 13.8 Å². The zero-order chi connectivity index (χ0) is 16.3. The molecule has 0 N–H and O–H groups in total. The quantitative estimate of drug-likeness (QED) is 0.262. The molecule has 23 heavy (non-hydrogen) atoms. The van der Waals surface area contributed by atoms with Crippen molar-refractivity contribution >= 4 is 7.92 Å². The molecule has 0 aromatic heterocycles. The van der Waals surface area contributed by atoms with Gasteiger partial charge in [-0.05, 0) is 55.5 Å². The molecule has 0 amide bonds. The van der Waals surface area contributed by atoms with E-state index in [1.807, 2.05) is 0 Å². The second-order valence-corrected chi connectivity index (χ2v) is 11.4. The molecule has 0 aromatic carbocycles. The van der Waals surface area contributed by atoms with Crippen molar-refractivity contribution in [3.8, 4) is 0 Å². The SMILES string of the molecule is CCCCCCC1CCC(CCCCCC)P1C1CCCCC1. The molecule has 0 aromatic rings. The number of unbranched alkanes of at least 4 members (excludes halogenated alkanes) is 6. The summed E-state index contributed by atoms with van der Waals surface area (Å²) in [5, 5.41) is 0. The van der Waals surface area contributed by atoms with Gasteiger partial charge in [-0.3, -0.25) is 0 Å². The third-order valence-corrected chi connectivity index (χ3v) is 10.5. The highest BCUT2D eigenvalue weighted by atomic mass is 31.1. The molecule has 2 fully saturated rings. The highest BCUT2D eigenvalue weighted by Crippen LogP contribution is 2.64. The minimum Gasteiger partial charge on any atom is -0.0971 e. The molecular weight excluding hydrogens is 295 g/mol. The van der Waals surface area contributed by atoms with Crippen molar-refractivity contribution in [1.29, 1.82) is 0 Å². The molecule has 2 aliphatic rings. The smallest absolute Gasteiger partial charge is 0.0204 e. The Hall–Kier alpha value is 0.430. The van der Waals surface area contributed by atoms with Gasteiger partial charge in [0.1, 0.15) is 0 Å². The van der Waals surface area contributed by atoms with Crippen LogP contribution in [0.4, 0.5) is 0 Å². The normalized spacial score (nSPS) is 29.2. The molecule has 2 unspecified atom stereocenters. The lowest BCUT2D eigenvalue weighted by Crippen LogP contribution is -2.19. The molecule has 2 rings (SSSR count). The van der Waals surface area contributed by atoms with Crippen molar-refractivity contribution in [1.82, 2.24) is 0 Å². The summed E-state index contributed by atoms with van der Waals surface area (Å²) in [5.41, 5.74) is 3.51. The van der Waals surface area contributed by atoms with E-state index in [0.717, 1.165) is 0 Å². The second kappa shape index (κ2) is 11.9. The maximum Gasteiger partial charge on any atom is -0.0204 e. The van der Waals surface area contributed by atoms with E-state index < -0.39 is 0 Å². The molecule has 1 saturated carbocycles. The van der Waals surface area contributed by atoms with Crippen molar-refractivity contribution < 1.29 is 0 Å². The van der Waals surface area contributed by atoms with Crippen LogP contribution in [0.15, 0.2) is 0 Å². The van der Waals surface area contributed by atoms with Crippen LogP contribution in [0.25, 0.3) is 0 Å². The van der Waals surface area contributed by atoms with Crippen LogP contribution in [0.5, 0.6) is 0 Å². The fraction of sp³-hybridized carbons (Fsp3) is 1.00. The average Bonchev–Trinajstić information content (AvgIpc) is 2.99. The fourth-order valence-corrected chi connectivity index (χ4v) is 9.76. The van der Waals surface area contributed by atoms with Gasteiger partial charge in [-0.25, -0.2) is 0 Å². The van der Waals surface area contributed by atoms with E-state index in [9.17, 15) is 0 Å². The van der Waals surface area contributed by atoms with Gasteiger partial charge < -0.3 is 0 Å². The first-order valence-corrected chi connectivity index (χ1v) is 12.7. The summed E-state index contributed by atoms with van der Waals surface area (Å²) >= 11 is 0. The number of rotatable bonds is 11. The van der Waals surface area contributed by atoms with Crippen molar-refractivity contribution in [3.63, 3.8) is 0 Å². The van der Waals surface area contributed by atoms with Crippen LogP contribution >= 0.6 is 7.92 Å². The summed E-state index contributed by atoms with van der Waals surface area (Å²) in [4.78, 5) is 0. The summed E-state index contributed by atoms with van der Waals surface area (Å²) in [6, 6.07) is 0. The zero-order valence-corrected chi connectivity index (χ0v) is 17.1. The van der Waals surface area contributed by atoms with Crippen molar-refractivity contribution in [2.24, 2.45) is 0 Å². The summed E-state index contributed by atoms with van der Waals surface area (Å²) in [6.07, 6.45) is 26.0. The molecule has 0 bridgehead atoms. The summed E-state index contributed by atoms with van der Waals surface area (Å²) in [5.74, 6) is 0. The largest absolute Gasteiger partial charge is 0.0971 e. The number of hydrogen-bond acceptors (Lipinski definition) is 0. The second-order valence-electron chi connectivity index (χ2n) is 8.32. The molecule has 1 aliphatic carbocycles. The Labute approximate surface area is 148 Å². The Morgan fingerprint density at radius 2 is 1.13 bits per heavy atom. The van der Waals surface area contributed by atoms with Gasteiger partial charge in [0.15, 0.2) is 0 Å². The highest BCUT2D eigenvalue weighted by Gasteiger charge is 2.39. The lowest BCUT2D eigenvalue weighted by molar-refractivity contribution is 0.505. The summed E-state index contributed by atoms with van der Waals surface area (Å²) in [6.45, 7) is 4.69. The molecule has 0 nitrogen and oxygen atoms in total. The van der Waals surface area contributed by atoms with Gasteiger partial charge >= 0.3 is 0 Å². The maximum atomic E-state index is 2.34. The van der Waals surface area contributed by atoms with Crippen molar-refractivity contribution in [3.05, 3.63) is 0 Å². The van der Waals surface area contributed by atoms with E-state index in [1.54, 1.807) is 51.4 Å². The van der Waals surface area contributed by atoms with Crippen molar-refractivity contribution in [2.45, 2.75) is 140 Å². The van der Waals surface area contributed by atoms with E-state index in [1.165, 1.54) is 74.8 Å². The van der Waals surface area contributed by atoms with Gasteiger partial charge in [0.25, 0.3) is 0 Å². The Morgan fingerprint density at radius 3 is 1.61 bits per heavy atom. The minimum absolute atomic E-state index is 0.368. The molecule has 0 radical (unpaired) electrons. The van der Waals surface area contributed by atoms with Gasteiger partial charge in [0.2, 0.25) is 0 Å². The Morgan fingerprint density at radius 1 is 0.609 bits per heavy atom. The van der Waals surface area contributed by atoms with Crippen LogP contribution in [-0.2, 0) is 0 Å². The third kappa shape index (κ3) is 6.68. The lowest BCUT2D eigenvalue weighted by atomic mass is 10.0. The molecule has 1 aliphatic heterocycles. The van der Waals surface area contributed by atoms with E-state index >= 15 is 0 Å². The van der Waals surface area contributed by atoms with Crippen LogP contribution in [0.3, 0.4) is 0 Å². The summed E-state index contributed by atoms with van der Waals surface area (Å²) in [7, 11) is 0.368. The Bertz CT molecular complexity index is 262. The predicted molar refractivity (Wildman–Crippen MR) is 108 cm³/mol. The van der Waals surface area contributed by atoms with Crippen molar-refractivity contribution in [2.75, 3.05) is 0 Å². The first-order chi connectivity index (χ1) is 11.4. The van der Waals surface area contributed by atoms with Crippen LogP contribution in [0.2, 0.25) is 0 Å². The lowest BCUT2D eigenvalue weighted by Gasteiger charge is -2.36. The Kier molecular flexibility index (Phi) is 10.2. The van der Waals surface area contributed by atoms with E-state index in [-0.39, 0.29) is 0 Å². The molecular formula is C22H43P. The average molecular weight is 339 g/mol. The van der Waals surface area contributed by atoms with Crippen LogP contribution < -0.4 is 0 Å². The van der Waals surface area contributed by atoms with Gasteiger partial charge in [0, 0.05) is 0 Å². The molecule has 1 heterocycles. The number of hydrogen-bond donors (Lipinski definition) is 0. The van der Waals surface area contributed by atoms with Gasteiger partial charge in [0.05, 0.1) is 0 Å².